The second-order valence-corrected chi connectivity index (χ2v) is 7.41. The predicted octanol–water partition coefficient (Wildman–Crippen LogP) is 3.74. The Morgan fingerprint density at radius 3 is 2.66 bits per heavy atom. The van der Waals surface area contributed by atoms with Crippen LogP contribution in [0.25, 0.3) is 11.3 Å². The number of nitrogens with zero attached hydrogens (tertiary/aromatic N) is 5. The molecular formula is C21H18N6OS. The molecule has 0 radical (unpaired) electrons. The van der Waals surface area contributed by atoms with E-state index in [2.05, 4.69) is 21.6 Å². The number of nitrogens with one attached hydrogen (secondary N) is 1. The van der Waals surface area contributed by atoms with Crippen LogP contribution in [0.15, 0.2) is 59.9 Å². The number of para-hydroxylation sites is 1. The Hall–Kier alpha value is -3.57. The number of fused-ring (bicyclic) bond motifs is 1. The first-order chi connectivity index (χ1) is 14.1. The van der Waals surface area contributed by atoms with Crippen molar-refractivity contribution in [3.8, 4) is 11.8 Å². The summed E-state index contributed by atoms with van der Waals surface area (Å²) in [6.07, 6.45) is 1.86. The largest absolute Gasteiger partial charge is 0.310 e. The molecule has 0 atom stereocenters. The van der Waals surface area contributed by atoms with E-state index in [-0.39, 0.29) is 11.7 Å². The van der Waals surface area contributed by atoms with Crippen molar-refractivity contribution in [1.82, 2.24) is 19.2 Å². The number of anilines is 1. The lowest BCUT2D eigenvalue weighted by Crippen LogP contribution is -2.18. The number of thioether (sulfide) groups is 1. The summed E-state index contributed by atoms with van der Waals surface area (Å²) in [4.78, 5) is 12.7. The summed E-state index contributed by atoms with van der Waals surface area (Å²) < 4.78 is 3.74. The van der Waals surface area contributed by atoms with Crippen LogP contribution in [-0.4, -0.2) is 30.8 Å². The van der Waals surface area contributed by atoms with E-state index in [9.17, 15) is 10.1 Å². The zero-order chi connectivity index (χ0) is 20.4. The second-order valence-electron chi connectivity index (χ2n) is 6.47. The van der Waals surface area contributed by atoms with Crippen LogP contribution in [-0.2, 0) is 4.79 Å². The molecule has 1 amide bonds. The molecule has 29 heavy (non-hydrogen) atoms. The van der Waals surface area contributed by atoms with Gasteiger partial charge >= 0.3 is 0 Å². The highest BCUT2D eigenvalue weighted by Gasteiger charge is 2.21. The molecule has 0 spiro atoms. The van der Waals surface area contributed by atoms with Gasteiger partial charge in [0.05, 0.1) is 11.3 Å². The number of carbonyl (C=O) groups excluding carboxylic acids is 1. The van der Waals surface area contributed by atoms with E-state index in [1.165, 1.54) is 11.8 Å². The number of hydrogen-bond donors (Lipinski definition) is 1. The molecule has 0 fully saturated rings. The second kappa shape index (κ2) is 7.81. The summed E-state index contributed by atoms with van der Waals surface area (Å²) in [5.41, 5.74) is 3.85. The maximum Gasteiger partial charge on any atom is 0.236 e. The fraction of sp³-hybridized carbons (Fsp3) is 0.143. The predicted molar refractivity (Wildman–Crippen MR) is 112 cm³/mol. The molecule has 0 saturated carbocycles. The lowest BCUT2D eigenvalue weighted by atomic mass is 10.2. The lowest BCUT2D eigenvalue weighted by Gasteiger charge is -2.13. The molecule has 4 rings (SSSR count). The highest BCUT2D eigenvalue weighted by Crippen LogP contribution is 2.30. The van der Waals surface area contributed by atoms with Crippen molar-refractivity contribution in [2.75, 3.05) is 11.1 Å². The minimum Gasteiger partial charge on any atom is -0.310 e. The van der Waals surface area contributed by atoms with Crippen molar-refractivity contribution in [3.63, 3.8) is 0 Å². The maximum atomic E-state index is 12.7. The van der Waals surface area contributed by atoms with Crippen LogP contribution < -0.4 is 5.32 Å². The number of nitriles is 1. The Morgan fingerprint density at radius 1 is 1.14 bits per heavy atom. The SMILES string of the molecule is Cc1c(C#N)c(NC(=O)CSc2nnc3ccccn23)n(-c2ccccc2)c1C. The molecule has 3 heterocycles. The van der Waals surface area contributed by atoms with Gasteiger partial charge in [-0.15, -0.1) is 10.2 Å². The smallest absolute Gasteiger partial charge is 0.236 e. The molecule has 8 heteroatoms. The number of pyridine rings is 1. The molecule has 144 valence electrons. The van der Waals surface area contributed by atoms with Gasteiger partial charge in [-0.2, -0.15) is 5.26 Å². The van der Waals surface area contributed by atoms with Crippen molar-refractivity contribution >= 4 is 29.1 Å². The number of hydrogen-bond acceptors (Lipinski definition) is 5. The average Bonchev–Trinajstić information content (AvgIpc) is 3.26. The van der Waals surface area contributed by atoms with Crippen LogP contribution in [0.5, 0.6) is 0 Å². The van der Waals surface area contributed by atoms with Gasteiger partial charge < -0.3 is 5.32 Å². The molecule has 0 bridgehead atoms. The summed E-state index contributed by atoms with van der Waals surface area (Å²) >= 11 is 1.30. The lowest BCUT2D eigenvalue weighted by molar-refractivity contribution is -0.113. The quantitative estimate of drug-likeness (QED) is 0.514. The van der Waals surface area contributed by atoms with E-state index in [0.29, 0.717) is 16.5 Å². The molecule has 0 saturated heterocycles. The zero-order valence-electron chi connectivity index (χ0n) is 16.0. The van der Waals surface area contributed by atoms with Gasteiger partial charge in [0.1, 0.15) is 11.9 Å². The van der Waals surface area contributed by atoms with Crippen LogP contribution in [0.3, 0.4) is 0 Å². The molecule has 0 aliphatic rings. The Morgan fingerprint density at radius 2 is 1.90 bits per heavy atom. The molecule has 1 aromatic carbocycles. The number of amides is 1. The van der Waals surface area contributed by atoms with Crippen LogP contribution in [0.2, 0.25) is 0 Å². The molecule has 1 N–H and O–H groups in total. The van der Waals surface area contributed by atoms with Crippen molar-refractivity contribution in [2.24, 2.45) is 0 Å². The van der Waals surface area contributed by atoms with E-state index >= 15 is 0 Å². The Balaban J connectivity index is 1.59. The van der Waals surface area contributed by atoms with Crippen LogP contribution in [0, 0.1) is 25.2 Å². The summed E-state index contributed by atoms with van der Waals surface area (Å²) in [7, 11) is 0. The van der Waals surface area contributed by atoms with Crippen molar-refractivity contribution < 1.29 is 4.79 Å². The van der Waals surface area contributed by atoms with E-state index < -0.39 is 0 Å². The van der Waals surface area contributed by atoms with Gasteiger partial charge in [0.15, 0.2) is 10.8 Å². The highest BCUT2D eigenvalue weighted by molar-refractivity contribution is 7.99. The molecule has 0 aliphatic heterocycles. The van der Waals surface area contributed by atoms with E-state index in [4.69, 9.17) is 0 Å². The summed E-state index contributed by atoms with van der Waals surface area (Å²) in [5.74, 6) is 0.429. The normalized spacial score (nSPS) is 10.8. The zero-order valence-corrected chi connectivity index (χ0v) is 16.8. The number of rotatable bonds is 5. The molecule has 3 aromatic heterocycles. The third-order valence-electron chi connectivity index (χ3n) is 4.71. The summed E-state index contributed by atoms with van der Waals surface area (Å²) in [5, 5.41) is 21.4. The molecule has 0 aliphatic carbocycles. The molecule has 7 nitrogen and oxygen atoms in total. The third-order valence-corrected chi connectivity index (χ3v) is 5.66. The van der Waals surface area contributed by atoms with Crippen molar-refractivity contribution in [2.45, 2.75) is 19.0 Å². The fourth-order valence-corrected chi connectivity index (χ4v) is 3.90. The Kier molecular flexibility index (Phi) is 5.06. The Bertz CT molecular complexity index is 1240. The van der Waals surface area contributed by atoms with Gasteiger partial charge in [0.25, 0.3) is 0 Å². The highest BCUT2D eigenvalue weighted by atomic mass is 32.2. The first-order valence-electron chi connectivity index (χ1n) is 9.00. The fourth-order valence-electron chi connectivity index (χ4n) is 3.18. The van der Waals surface area contributed by atoms with E-state index in [1.807, 2.05) is 77.5 Å². The first-order valence-corrected chi connectivity index (χ1v) is 9.98. The summed E-state index contributed by atoms with van der Waals surface area (Å²) in [6, 6.07) is 17.5. The van der Waals surface area contributed by atoms with E-state index in [1.54, 1.807) is 0 Å². The van der Waals surface area contributed by atoms with E-state index in [0.717, 1.165) is 22.6 Å². The monoisotopic (exact) mass is 402 g/mol. The number of benzene rings is 1. The topological polar surface area (TPSA) is 88.0 Å². The van der Waals surface area contributed by atoms with Crippen LogP contribution >= 0.6 is 11.8 Å². The van der Waals surface area contributed by atoms with Crippen LogP contribution in [0.1, 0.15) is 16.8 Å². The molecule has 4 aromatic rings. The molecule has 0 unspecified atom stereocenters. The van der Waals surface area contributed by atoms with Gasteiger partial charge in [0, 0.05) is 17.6 Å². The van der Waals surface area contributed by atoms with Gasteiger partial charge in [-0.05, 0) is 43.7 Å². The summed E-state index contributed by atoms with van der Waals surface area (Å²) in [6.45, 7) is 3.83. The average molecular weight is 402 g/mol. The third kappa shape index (κ3) is 3.48. The Labute approximate surface area is 172 Å². The molecular weight excluding hydrogens is 384 g/mol. The van der Waals surface area contributed by atoms with Gasteiger partial charge in [-0.3, -0.25) is 13.8 Å². The minimum absolute atomic E-state index is 0.151. The van der Waals surface area contributed by atoms with Gasteiger partial charge in [-0.1, -0.05) is 36.0 Å². The maximum absolute atomic E-state index is 12.7. The van der Waals surface area contributed by atoms with Gasteiger partial charge in [0.2, 0.25) is 5.91 Å². The van der Waals surface area contributed by atoms with Crippen LogP contribution in [0.4, 0.5) is 5.82 Å². The van der Waals surface area contributed by atoms with Crippen molar-refractivity contribution in [1.29, 1.82) is 5.26 Å². The number of carbonyl (C=O) groups is 1. The minimum atomic E-state index is -0.214. The number of aromatic nitrogens is 4. The first kappa shape index (κ1) is 18.8. The van der Waals surface area contributed by atoms with Gasteiger partial charge in [-0.25, -0.2) is 0 Å². The van der Waals surface area contributed by atoms with Crippen molar-refractivity contribution in [3.05, 3.63) is 71.5 Å². The standard InChI is InChI=1S/C21H18N6OS/c1-14-15(2)27(16-8-4-3-5-9-16)20(17(14)12-22)23-19(28)13-29-21-25-24-18-10-6-7-11-26(18)21/h3-11H,13H2,1-2H3,(H,23,28).